The van der Waals surface area contributed by atoms with E-state index in [1.165, 1.54) is 0 Å². The van der Waals surface area contributed by atoms with Gasteiger partial charge in [0, 0.05) is 35.3 Å². The van der Waals surface area contributed by atoms with Crippen molar-refractivity contribution in [3.63, 3.8) is 0 Å². The molecule has 0 aliphatic carbocycles. The summed E-state index contributed by atoms with van der Waals surface area (Å²) in [5.74, 6) is 0.554. The topological polar surface area (TPSA) is 97.1 Å². The van der Waals surface area contributed by atoms with Gasteiger partial charge in [0.2, 0.25) is 11.8 Å². The molecular weight excluding hydrogens is 392 g/mol. The molecule has 0 radical (unpaired) electrons. The summed E-state index contributed by atoms with van der Waals surface area (Å²) in [5.41, 5.74) is 2.64. The third kappa shape index (κ3) is 6.01. The lowest BCUT2D eigenvalue weighted by Gasteiger charge is -2.05. The minimum atomic E-state index is -0.0926. The Bertz CT molecular complexity index is 914. The number of unbranched alkanes of at least 4 members (excludes halogenated alkanes) is 2. The highest BCUT2D eigenvalue weighted by molar-refractivity contribution is 5.95. The fourth-order valence-corrected chi connectivity index (χ4v) is 2.95. The summed E-state index contributed by atoms with van der Waals surface area (Å²) < 4.78 is 5.79. The van der Waals surface area contributed by atoms with E-state index in [2.05, 4.69) is 34.7 Å². The van der Waals surface area contributed by atoms with E-state index >= 15 is 0 Å². The molecule has 7 heteroatoms. The van der Waals surface area contributed by atoms with E-state index in [9.17, 15) is 9.59 Å². The van der Waals surface area contributed by atoms with Gasteiger partial charge in [-0.3, -0.25) is 9.59 Å². The molecule has 0 unspecified atom stereocenters. The van der Waals surface area contributed by atoms with Crippen molar-refractivity contribution in [2.24, 2.45) is 0 Å². The molecular formula is C24H28N4O3. The molecule has 0 spiro atoms. The summed E-state index contributed by atoms with van der Waals surface area (Å²) in [6.45, 7) is 5.51. The number of rotatable bonds is 10. The molecule has 0 saturated carbocycles. The second-order valence-electron chi connectivity index (χ2n) is 7.29. The molecule has 0 saturated heterocycles. The van der Waals surface area contributed by atoms with E-state index in [0.717, 1.165) is 36.8 Å². The number of aromatic nitrogens is 2. The number of hydrogen-bond donors (Lipinski definition) is 2. The van der Waals surface area contributed by atoms with Crippen LogP contribution in [0.4, 0.5) is 0 Å². The van der Waals surface area contributed by atoms with Crippen LogP contribution in [-0.2, 0) is 0 Å². The van der Waals surface area contributed by atoms with E-state index in [1.54, 1.807) is 48.5 Å². The number of hydrogen-bond acceptors (Lipinski definition) is 5. The molecule has 3 rings (SSSR count). The number of benzene rings is 2. The minimum Gasteiger partial charge on any atom is -0.416 e. The third-order valence-electron chi connectivity index (χ3n) is 4.84. The van der Waals surface area contributed by atoms with E-state index in [4.69, 9.17) is 4.42 Å². The molecule has 3 aromatic rings. The quantitative estimate of drug-likeness (QED) is 0.472. The first kappa shape index (κ1) is 22.2. The van der Waals surface area contributed by atoms with E-state index < -0.39 is 0 Å². The normalized spacial score (nSPS) is 10.6. The number of nitrogens with one attached hydrogen (secondary N) is 2. The van der Waals surface area contributed by atoms with Crippen molar-refractivity contribution in [3.8, 4) is 22.9 Å². The SMILES string of the molecule is CCCCNC(=O)c1ccc(-c2nnc(-c3ccc(C(=O)NCCCC)cc3)o2)cc1. The maximum absolute atomic E-state index is 12.1. The monoisotopic (exact) mass is 420 g/mol. The molecule has 0 bridgehead atoms. The van der Waals surface area contributed by atoms with Crippen LogP contribution in [-0.4, -0.2) is 35.1 Å². The van der Waals surface area contributed by atoms with Crippen molar-refractivity contribution in [1.29, 1.82) is 0 Å². The molecule has 0 aliphatic heterocycles. The molecule has 0 aliphatic rings. The third-order valence-corrected chi connectivity index (χ3v) is 4.84. The fourth-order valence-electron chi connectivity index (χ4n) is 2.95. The Kier molecular flexibility index (Phi) is 7.92. The standard InChI is InChI=1S/C24H28N4O3/c1-3-5-15-25-21(29)17-7-11-19(12-8-17)23-27-28-24(31-23)20-13-9-18(10-14-20)22(30)26-16-6-4-2/h7-14H,3-6,15-16H2,1-2H3,(H,25,29)(H,26,30). The van der Waals surface area contributed by atoms with Crippen molar-refractivity contribution in [2.75, 3.05) is 13.1 Å². The lowest BCUT2D eigenvalue weighted by Crippen LogP contribution is -2.24. The van der Waals surface area contributed by atoms with E-state index in [1.807, 2.05) is 0 Å². The van der Waals surface area contributed by atoms with Crippen LogP contribution in [0.25, 0.3) is 22.9 Å². The van der Waals surface area contributed by atoms with Gasteiger partial charge < -0.3 is 15.1 Å². The van der Waals surface area contributed by atoms with Gasteiger partial charge in [-0.2, -0.15) is 0 Å². The van der Waals surface area contributed by atoms with Gasteiger partial charge in [0.15, 0.2) is 0 Å². The number of amides is 2. The second kappa shape index (κ2) is 11.1. The predicted molar refractivity (Wildman–Crippen MR) is 120 cm³/mol. The molecule has 2 aromatic carbocycles. The molecule has 0 atom stereocenters. The number of carbonyl (C=O) groups excluding carboxylic acids is 2. The maximum Gasteiger partial charge on any atom is 0.251 e. The Balaban J connectivity index is 1.64. The molecule has 2 N–H and O–H groups in total. The summed E-state index contributed by atoms with van der Waals surface area (Å²) in [7, 11) is 0. The maximum atomic E-state index is 12.1. The predicted octanol–water partition coefficient (Wildman–Crippen LogP) is 4.46. The average Bonchev–Trinajstić information content (AvgIpc) is 3.30. The zero-order valence-corrected chi connectivity index (χ0v) is 18.0. The van der Waals surface area contributed by atoms with Gasteiger partial charge in [-0.1, -0.05) is 26.7 Å². The van der Waals surface area contributed by atoms with Crippen LogP contribution in [0, 0.1) is 0 Å². The van der Waals surface area contributed by atoms with Gasteiger partial charge in [-0.15, -0.1) is 10.2 Å². The highest BCUT2D eigenvalue weighted by Gasteiger charge is 2.13. The zero-order valence-electron chi connectivity index (χ0n) is 18.0. The smallest absolute Gasteiger partial charge is 0.251 e. The van der Waals surface area contributed by atoms with Gasteiger partial charge in [0.1, 0.15) is 0 Å². The van der Waals surface area contributed by atoms with E-state index in [0.29, 0.717) is 36.0 Å². The Morgan fingerprint density at radius 3 is 1.45 bits per heavy atom. The molecule has 162 valence electrons. The molecule has 31 heavy (non-hydrogen) atoms. The first-order valence-electron chi connectivity index (χ1n) is 10.7. The molecule has 2 amide bonds. The summed E-state index contributed by atoms with van der Waals surface area (Å²) >= 11 is 0. The summed E-state index contributed by atoms with van der Waals surface area (Å²) in [6.07, 6.45) is 3.99. The van der Waals surface area contributed by atoms with Crippen molar-refractivity contribution >= 4 is 11.8 Å². The van der Waals surface area contributed by atoms with Gasteiger partial charge in [-0.25, -0.2) is 0 Å². The van der Waals surface area contributed by atoms with Crippen LogP contribution in [0.1, 0.15) is 60.2 Å². The van der Waals surface area contributed by atoms with Crippen LogP contribution >= 0.6 is 0 Å². The van der Waals surface area contributed by atoms with Crippen LogP contribution in [0.2, 0.25) is 0 Å². The van der Waals surface area contributed by atoms with E-state index in [-0.39, 0.29) is 11.8 Å². The average molecular weight is 421 g/mol. The highest BCUT2D eigenvalue weighted by atomic mass is 16.4. The summed E-state index contributed by atoms with van der Waals surface area (Å²) in [6, 6.07) is 14.1. The Morgan fingerprint density at radius 1 is 0.710 bits per heavy atom. The van der Waals surface area contributed by atoms with Crippen molar-refractivity contribution in [1.82, 2.24) is 20.8 Å². The fraction of sp³-hybridized carbons (Fsp3) is 0.333. The van der Waals surface area contributed by atoms with Crippen molar-refractivity contribution < 1.29 is 14.0 Å². The van der Waals surface area contributed by atoms with Gasteiger partial charge in [0.25, 0.3) is 11.8 Å². The highest BCUT2D eigenvalue weighted by Crippen LogP contribution is 2.24. The Hall–Kier alpha value is -3.48. The Morgan fingerprint density at radius 2 is 1.10 bits per heavy atom. The molecule has 0 fully saturated rings. The lowest BCUT2D eigenvalue weighted by atomic mass is 10.1. The first-order valence-corrected chi connectivity index (χ1v) is 10.7. The second-order valence-corrected chi connectivity index (χ2v) is 7.29. The van der Waals surface area contributed by atoms with Crippen molar-refractivity contribution in [2.45, 2.75) is 39.5 Å². The van der Waals surface area contributed by atoms with Crippen LogP contribution in [0.3, 0.4) is 0 Å². The molecule has 7 nitrogen and oxygen atoms in total. The molecule has 1 heterocycles. The van der Waals surface area contributed by atoms with Gasteiger partial charge >= 0.3 is 0 Å². The lowest BCUT2D eigenvalue weighted by molar-refractivity contribution is 0.0945. The minimum absolute atomic E-state index is 0.0926. The van der Waals surface area contributed by atoms with Gasteiger partial charge in [0.05, 0.1) is 0 Å². The van der Waals surface area contributed by atoms with Crippen LogP contribution in [0.5, 0.6) is 0 Å². The Labute approximate surface area is 182 Å². The number of carbonyl (C=O) groups is 2. The summed E-state index contributed by atoms with van der Waals surface area (Å²) in [5, 5.41) is 14.0. The molecule has 1 aromatic heterocycles. The van der Waals surface area contributed by atoms with Gasteiger partial charge in [-0.05, 0) is 61.4 Å². The van der Waals surface area contributed by atoms with Crippen LogP contribution in [0.15, 0.2) is 52.9 Å². The first-order chi connectivity index (χ1) is 15.1. The summed E-state index contributed by atoms with van der Waals surface area (Å²) in [4.78, 5) is 24.2. The number of nitrogens with zero attached hydrogens (tertiary/aromatic N) is 2. The van der Waals surface area contributed by atoms with Crippen LogP contribution < -0.4 is 10.6 Å². The van der Waals surface area contributed by atoms with Crippen molar-refractivity contribution in [3.05, 3.63) is 59.7 Å². The largest absolute Gasteiger partial charge is 0.416 e. The zero-order chi connectivity index (χ0) is 22.1.